The Morgan fingerprint density at radius 2 is 2.33 bits per heavy atom. The number of hydrogen-bond acceptors (Lipinski definition) is 4. The molecule has 0 saturated carbocycles. The molecule has 1 N–H and O–H groups in total. The second-order valence-corrected chi connectivity index (χ2v) is 4.82. The van der Waals surface area contributed by atoms with E-state index in [2.05, 4.69) is 30.2 Å². The maximum absolute atomic E-state index is 8.56. The molecule has 1 aromatic rings. The maximum Gasteiger partial charge on any atom is 0.109 e. The number of nitrogens with one attached hydrogen (secondary N) is 1. The smallest absolute Gasteiger partial charge is 0.109 e. The van der Waals surface area contributed by atoms with Crippen LogP contribution in [0.25, 0.3) is 0 Å². The van der Waals surface area contributed by atoms with Crippen molar-refractivity contribution < 1.29 is 0 Å². The van der Waals surface area contributed by atoms with Gasteiger partial charge in [-0.15, -0.1) is 11.3 Å². The lowest BCUT2D eigenvalue weighted by molar-refractivity contribution is 0.484. The predicted octanol–water partition coefficient (Wildman–Crippen LogP) is 2.66. The maximum atomic E-state index is 8.56. The molecule has 2 atom stereocenters. The Bertz CT molecular complexity index is 340. The third kappa shape index (κ3) is 3.61. The molecular formula is C11H17N3S. The highest BCUT2D eigenvalue weighted by Crippen LogP contribution is 2.20. The molecule has 0 amide bonds. The highest BCUT2D eigenvalue weighted by atomic mass is 32.1. The van der Waals surface area contributed by atoms with Crippen LogP contribution in [-0.2, 0) is 6.42 Å². The van der Waals surface area contributed by atoms with Gasteiger partial charge in [0.1, 0.15) is 5.01 Å². The molecule has 0 saturated heterocycles. The highest BCUT2D eigenvalue weighted by molar-refractivity contribution is 7.11. The average molecular weight is 223 g/mol. The van der Waals surface area contributed by atoms with Crippen molar-refractivity contribution in [2.24, 2.45) is 0 Å². The summed E-state index contributed by atoms with van der Waals surface area (Å²) in [4.78, 5) is 5.68. The molecule has 2 unspecified atom stereocenters. The zero-order valence-electron chi connectivity index (χ0n) is 9.45. The third-order valence-corrected chi connectivity index (χ3v) is 3.55. The van der Waals surface area contributed by atoms with Gasteiger partial charge in [-0.05, 0) is 20.3 Å². The molecule has 0 aromatic carbocycles. The summed E-state index contributed by atoms with van der Waals surface area (Å²) in [7, 11) is 0. The van der Waals surface area contributed by atoms with Crippen LogP contribution >= 0.6 is 11.3 Å². The Morgan fingerprint density at radius 1 is 1.60 bits per heavy atom. The molecular weight excluding hydrogens is 206 g/mol. The van der Waals surface area contributed by atoms with E-state index < -0.39 is 0 Å². The van der Waals surface area contributed by atoms with Crippen LogP contribution in [0.5, 0.6) is 0 Å². The van der Waals surface area contributed by atoms with Gasteiger partial charge in [-0.2, -0.15) is 5.26 Å². The van der Waals surface area contributed by atoms with Crippen LogP contribution in [0.4, 0.5) is 0 Å². The number of aromatic nitrogens is 1. The van der Waals surface area contributed by atoms with E-state index in [0.717, 1.165) is 11.4 Å². The number of thiazole rings is 1. The molecule has 0 radical (unpaired) electrons. The topological polar surface area (TPSA) is 48.7 Å². The minimum absolute atomic E-state index is 0.221. The van der Waals surface area contributed by atoms with Crippen molar-refractivity contribution in [3.05, 3.63) is 16.1 Å². The normalized spacial score (nSPS) is 14.5. The van der Waals surface area contributed by atoms with E-state index in [4.69, 9.17) is 5.26 Å². The van der Waals surface area contributed by atoms with Crippen molar-refractivity contribution in [2.45, 2.75) is 45.7 Å². The summed E-state index contributed by atoms with van der Waals surface area (Å²) in [6.45, 7) is 6.24. The van der Waals surface area contributed by atoms with Gasteiger partial charge in [0, 0.05) is 17.1 Å². The van der Waals surface area contributed by atoms with Crippen LogP contribution in [0.3, 0.4) is 0 Å². The molecule has 0 aliphatic rings. The average Bonchev–Trinajstić information content (AvgIpc) is 2.66. The number of nitriles is 1. The lowest BCUT2D eigenvalue weighted by Crippen LogP contribution is -2.28. The Hall–Kier alpha value is -0.920. The Morgan fingerprint density at radius 3 is 2.87 bits per heavy atom. The molecule has 15 heavy (non-hydrogen) atoms. The molecule has 0 spiro atoms. The van der Waals surface area contributed by atoms with Crippen molar-refractivity contribution in [1.82, 2.24) is 10.3 Å². The van der Waals surface area contributed by atoms with Crippen LogP contribution in [0.1, 0.15) is 43.1 Å². The highest BCUT2D eigenvalue weighted by Gasteiger charge is 2.12. The summed E-state index contributed by atoms with van der Waals surface area (Å²) < 4.78 is 0. The van der Waals surface area contributed by atoms with Gasteiger partial charge in [-0.3, -0.25) is 0 Å². The molecule has 82 valence electrons. The fourth-order valence-corrected chi connectivity index (χ4v) is 2.25. The van der Waals surface area contributed by atoms with Crippen molar-refractivity contribution in [3.63, 3.8) is 0 Å². The largest absolute Gasteiger partial charge is 0.305 e. The number of aryl methyl sites for hydroxylation is 1. The van der Waals surface area contributed by atoms with Crippen molar-refractivity contribution >= 4 is 11.3 Å². The standard InChI is InChI=1S/C11H17N3S/c1-4-10-7-13-11(15-10)9(3)14-8(2)5-6-12/h7-9,14H,4-5H2,1-3H3. The van der Waals surface area contributed by atoms with Crippen LogP contribution in [-0.4, -0.2) is 11.0 Å². The summed E-state index contributed by atoms with van der Waals surface area (Å²) in [5.74, 6) is 0. The van der Waals surface area contributed by atoms with Crippen LogP contribution in [0, 0.1) is 11.3 Å². The van der Waals surface area contributed by atoms with Gasteiger partial charge < -0.3 is 5.32 Å². The molecule has 0 fully saturated rings. The second-order valence-electron chi connectivity index (χ2n) is 3.67. The fourth-order valence-electron chi connectivity index (χ4n) is 1.38. The van der Waals surface area contributed by atoms with Gasteiger partial charge >= 0.3 is 0 Å². The van der Waals surface area contributed by atoms with Gasteiger partial charge in [0.2, 0.25) is 0 Å². The summed E-state index contributed by atoms with van der Waals surface area (Å²) in [6.07, 6.45) is 3.52. The molecule has 1 rings (SSSR count). The van der Waals surface area contributed by atoms with Crippen LogP contribution in [0.2, 0.25) is 0 Å². The number of rotatable bonds is 5. The van der Waals surface area contributed by atoms with Gasteiger partial charge in [0.25, 0.3) is 0 Å². The van der Waals surface area contributed by atoms with E-state index in [1.807, 2.05) is 13.1 Å². The Labute approximate surface area is 95.2 Å². The first kappa shape index (κ1) is 12.2. The zero-order valence-corrected chi connectivity index (χ0v) is 10.3. The molecule has 0 bridgehead atoms. The Kier molecular flexibility index (Phi) is 4.73. The monoisotopic (exact) mass is 223 g/mol. The van der Waals surface area contributed by atoms with Crippen molar-refractivity contribution in [1.29, 1.82) is 5.26 Å². The first-order valence-electron chi connectivity index (χ1n) is 5.25. The quantitative estimate of drug-likeness (QED) is 0.835. The molecule has 0 aliphatic heterocycles. The van der Waals surface area contributed by atoms with E-state index in [9.17, 15) is 0 Å². The summed E-state index contributed by atoms with van der Waals surface area (Å²) in [6, 6.07) is 2.62. The van der Waals surface area contributed by atoms with Crippen molar-refractivity contribution in [3.8, 4) is 6.07 Å². The molecule has 1 heterocycles. The van der Waals surface area contributed by atoms with E-state index >= 15 is 0 Å². The Balaban J connectivity index is 2.53. The second kappa shape index (κ2) is 5.84. The van der Waals surface area contributed by atoms with Crippen molar-refractivity contribution in [2.75, 3.05) is 0 Å². The van der Waals surface area contributed by atoms with E-state index in [0.29, 0.717) is 6.42 Å². The third-order valence-electron chi connectivity index (χ3n) is 2.22. The van der Waals surface area contributed by atoms with E-state index in [1.165, 1.54) is 4.88 Å². The lowest BCUT2D eigenvalue weighted by atomic mass is 10.2. The van der Waals surface area contributed by atoms with Crippen LogP contribution in [0.15, 0.2) is 6.20 Å². The summed E-state index contributed by atoms with van der Waals surface area (Å²) in [5.41, 5.74) is 0. The van der Waals surface area contributed by atoms with E-state index in [1.54, 1.807) is 11.3 Å². The minimum atomic E-state index is 0.221. The summed E-state index contributed by atoms with van der Waals surface area (Å²) in [5, 5.41) is 13.0. The number of nitrogens with zero attached hydrogens (tertiary/aromatic N) is 2. The predicted molar refractivity (Wildman–Crippen MR) is 62.7 cm³/mol. The molecule has 1 aromatic heterocycles. The van der Waals surface area contributed by atoms with E-state index in [-0.39, 0.29) is 12.1 Å². The zero-order chi connectivity index (χ0) is 11.3. The summed E-state index contributed by atoms with van der Waals surface area (Å²) >= 11 is 1.74. The fraction of sp³-hybridized carbons (Fsp3) is 0.636. The minimum Gasteiger partial charge on any atom is -0.305 e. The number of hydrogen-bond donors (Lipinski definition) is 1. The lowest BCUT2D eigenvalue weighted by Gasteiger charge is -2.15. The molecule has 4 heteroatoms. The molecule has 3 nitrogen and oxygen atoms in total. The van der Waals surface area contributed by atoms with Crippen LogP contribution < -0.4 is 5.32 Å². The SMILES string of the molecule is CCc1cnc(C(C)NC(C)CC#N)s1. The van der Waals surface area contributed by atoms with Gasteiger partial charge in [-0.1, -0.05) is 6.92 Å². The first-order valence-corrected chi connectivity index (χ1v) is 6.06. The van der Waals surface area contributed by atoms with Gasteiger partial charge in [0.05, 0.1) is 18.5 Å². The first-order chi connectivity index (χ1) is 7.17. The van der Waals surface area contributed by atoms with Gasteiger partial charge in [0.15, 0.2) is 0 Å². The molecule has 0 aliphatic carbocycles. The van der Waals surface area contributed by atoms with Gasteiger partial charge in [-0.25, -0.2) is 4.98 Å².